The predicted octanol–water partition coefficient (Wildman–Crippen LogP) is 3.63. The Balaban J connectivity index is 3.50. The fraction of sp³-hybridized carbons (Fsp3) is 0.400. The molecule has 0 aromatic heterocycles. The first kappa shape index (κ1) is 17.2. The van der Waals surface area contributed by atoms with Gasteiger partial charge >= 0.3 is 5.97 Å². The number of carboxylic acid groups (broad SMARTS) is 1. The first-order valence-electron chi connectivity index (χ1n) is 6.39. The van der Waals surface area contributed by atoms with E-state index in [1.807, 2.05) is 6.92 Å². The van der Waals surface area contributed by atoms with E-state index in [0.29, 0.717) is 34.3 Å². The van der Waals surface area contributed by atoms with E-state index in [0.717, 1.165) is 5.57 Å². The highest BCUT2D eigenvalue weighted by molar-refractivity contribution is 6.32. The Morgan fingerprint density at radius 1 is 1.19 bits per heavy atom. The lowest BCUT2D eigenvalue weighted by molar-refractivity contribution is -0.135. The van der Waals surface area contributed by atoms with Crippen LogP contribution in [0, 0.1) is 0 Å². The normalized spacial score (nSPS) is 11.2. The van der Waals surface area contributed by atoms with E-state index in [2.05, 4.69) is 0 Å². The summed E-state index contributed by atoms with van der Waals surface area (Å²) in [5.74, 6) is 0.342. The van der Waals surface area contributed by atoms with Crippen LogP contribution >= 0.6 is 11.6 Å². The SMILES string of the molecule is CC/C(=C\CC(=O)O)c1cc(Cl)c(OC)c(OC)c1OC. The number of halogens is 1. The van der Waals surface area contributed by atoms with E-state index in [1.54, 1.807) is 12.1 Å². The molecule has 0 unspecified atom stereocenters. The van der Waals surface area contributed by atoms with Crippen LogP contribution in [-0.2, 0) is 4.79 Å². The number of hydrogen-bond donors (Lipinski definition) is 1. The molecule has 0 saturated heterocycles. The highest BCUT2D eigenvalue weighted by atomic mass is 35.5. The number of carboxylic acids is 1. The van der Waals surface area contributed by atoms with Gasteiger partial charge in [0.25, 0.3) is 0 Å². The van der Waals surface area contributed by atoms with Crippen LogP contribution in [0.2, 0.25) is 5.02 Å². The molecule has 0 aliphatic carbocycles. The topological polar surface area (TPSA) is 65.0 Å². The van der Waals surface area contributed by atoms with Gasteiger partial charge in [0.2, 0.25) is 5.75 Å². The highest BCUT2D eigenvalue weighted by Gasteiger charge is 2.21. The first-order valence-corrected chi connectivity index (χ1v) is 6.77. The molecule has 5 nitrogen and oxygen atoms in total. The number of hydrogen-bond acceptors (Lipinski definition) is 4. The number of benzene rings is 1. The summed E-state index contributed by atoms with van der Waals surface area (Å²) in [6.07, 6.45) is 2.20. The molecular formula is C15H19ClO5. The van der Waals surface area contributed by atoms with Gasteiger partial charge in [0, 0.05) is 5.56 Å². The zero-order chi connectivity index (χ0) is 16.0. The molecule has 0 radical (unpaired) electrons. The zero-order valence-corrected chi connectivity index (χ0v) is 13.3. The molecule has 21 heavy (non-hydrogen) atoms. The molecule has 0 heterocycles. The van der Waals surface area contributed by atoms with Gasteiger partial charge in [0.1, 0.15) is 0 Å². The number of ether oxygens (including phenoxy) is 3. The lowest BCUT2D eigenvalue weighted by atomic mass is 10.00. The molecule has 0 bridgehead atoms. The summed E-state index contributed by atoms with van der Waals surface area (Å²) in [6.45, 7) is 1.93. The molecule has 1 aromatic rings. The Kier molecular flexibility index (Phi) is 6.37. The van der Waals surface area contributed by atoms with Crippen molar-refractivity contribution in [3.63, 3.8) is 0 Å². The van der Waals surface area contributed by atoms with Gasteiger partial charge in [-0.05, 0) is 18.1 Å². The van der Waals surface area contributed by atoms with Crippen LogP contribution in [0.1, 0.15) is 25.3 Å². The molecule has 0 amide bonds. The summed E-state index contributed by atoms with van der Waals surface area (Å²) in [5.41, 5.74) is 1.51. The van der Waals surface area contributed by atoms with E-state index >= 15 is 0 Å². The Morgan fingerprint density at radius 2 is 1.76 bits per heavy atom. The van der Waals surface area contributed by atoms with Crippen LogP contribution < -0.4 is 14.2 Å². The van der Waals surface area contributed by atoms with E-state index < -0.39 is 5.97 Å². The summed E-state index contributed by atoms with van der Waals surface area (Å²) >= 11 is 6.20. The second kappa shape index (κ2) is 7.78. The van der Waals surface area contributed by atoms with Crippen molar-refractivity contribution in [2.45, 2.75) is 19.8 Å². The fourth-order valence-corrected chi connectivity index (χ4v) is 2.34. The molecule has 116 valence electrons. The quantitative estimate of drug-likeness (QED) is 0.832. The molecule has 0 saturated carbocycles. The average Bonchev–Trinajstić information content (AvgIpc) is 2.46. The Hall–Kier alpha value is -1.88. The molecular weight excluding hydrogens is 296 g/mol. The summed E-state index contributed by atoms with van der Waals surface area (Å²) < 4.78 is 16.0. The summed E-state index contributed by atoms with van der Waals surface area (Å²) in [4.78, 5) is 10.7. The van der Waals surface area contributed by atoms with E-state index in [1.165, 1.54) is 21.3 Å². The van der Waals surface area contributed by atoms with Crippen molar-refractivity contribution in [3.05, 3.63) is 22.7 Å². The minimum atomic E-state index is -0.897. The number of allylic oxidation sites excluding steroid dienone is 1. The lowest BCUT2D eigenvalue weighted by Crippen LogP contribution is -2.00. The largest absolute Gasteiger partial charge is 0.492 e. The van der Waals surface area contributed by atoms with Crippen LogP contribution in [0.25, 0.3) is 5.57 Å². The van der Waals surface area contributed by atoms with Crippen molar-refractivity contribution >= 4 is 23.1 Å². The summed E-state index contributed by atoms with van der Waals surface area (Å²) in [5, 5.41) is 9.20. The van der Waals surface area contributed by atoms with Crippen LogP contribution in [0.4, 0.5) is 0 Å². The van der Waals surface area contributed by atoms with Crippen molar-refractivity contribution < 1.29 is 24.1 Å². The van der Waals surface area contributed by atoms with Crippen LogP contribution in [0.15, 0.2) is 12.1 Å². The average molecular weight is 315 g/mol. The number of methoxy groups -OCH3 is 3. The van der Waals surface area contributed by atoms with Crippen molar-refractivity contribution in [1.29, 1.82) is 0 Å². The maximum atomic E-state index is 10.7. The molecule has 0 fully saturated rings. The minimum absolute atomic E-state index is 0.0711. The first-order chi connectivity index (χ1) is 9.99. The zero-order valence-electron chi connectivity index (χ0n) is 12.5. The van der Waals surface area contributed by atoms with Gasteiger partial charge in [-0.2, -0.15) is 0 Å². The Labute approximate surface area is 129 Å². The van der Waals surface area contributed by atoms with Crippen LogP contribution in [-0.4, -0.2) is 32.4 Å². The molecule has 0 aliphatic rings. The molecule has 0 spiro atoms. The monoisotopic (exact) mass is 314 g/mol. The van der Waals surface area contributed by atoms with Gasteiger partial charge in [-0.1, -0.05) is 24.6 Å². The van der Waals surface area contributed by atoms with E-state index in [4.69, 9.17) is 30.9 Å². The maximum Gasteiger partial charge on any atom is 0.307 e. The summed E-state index contributed by atoms with van der Waals surface area (Å²) in [6, 6.07) is 1.69. The highest BCUT2D eigenvalue weighted by Crippen LogP contribution is 2.47. The number of aliphatic carboxylic acids is 1. The van der Waals surface area contributed by atoms with E-state index in [-0.39, 0.29) is 6.42 Å². The second-order valence-corrected chi connectivity index (χ2v) is 4.59. The third kappa shape index (κ3) is 3.82. The van der Waals surface area contributed by atoms with Gasteiger partial charge in [0.05, 0.1) is 32.8 Å². The van der Waals surface area contributed by atoms with Gasteiger partial charge in [-0.3, -0.25) is 4.79 Å². The van der Waals surface area contributed by atoms with Gasteiger partial charge in [-0.25, -0.2) is 0 Å². The Morgan fingerprint density at radius 3 is 2.19 bits per heavy atom. The fourth-order valence-electron chi connectivity index (χ4n) is 2.06. The molecule has 1 rings (SSSR count). The third-order valence-corrected chi connectivity index (χ3v) is 3.29. The second-order valence-electron chi connectivity index (χ2n) is 4.19. The minimum Gasteiger partial charge on any atom is -0.492 e. The Bertz CT molecular complexity index is 551. The maximum absolute atomic E-state index is 10.7. The molecule has 1 aromatic carbocycles. The lowest BCUT2D eigenvalue weighted by Gasteiger charge is -2.18. The van der Waals surface area contributed by atoms with Crippen molar-refractivity contribution in [1.82, 2.24) is 0 Å². The number of rotatable bonds is 7. The smallest absolute Gasteiger partial charge is 0.307 e. The summed E-state index contributed by atoms with van der Waals surface area (Å²) in [7, 11) is 4.50. The van der Waals surface area contributed by atoms with Crippen molar-refractivity contribution in [2.24, 2.45) is 0 Å². The molecule has 6 heteroatoms. The van der Waals surface area contributed by atoms with E-state index in [9.17, 15) is 4.79 Å². The number of carbonyl (C=O) groups is 1. The molecule has 1 N–H and O–H groups in total. The van der Waals surface area contributed by atoms with Gasteiger partial charge < -0.3 is 19.3 Å². The van der Waals surface area contributed by atoms with Crippen molar-refractivity contribution in [3.8, 4) is 17.2 Å². The third-order valence-electron chi connectivity index (χ3n) is 3.01. The van der Waals surface area contributed by atoms with Gasteiger partial charge in [0.15, 0.2) is 11.5 Å². The molecule has 0 aliphatic heterocycles. The van der Waals surface area contributed by atoms with Crippen LogP contribution in [0.3, 0.4) is 0 Å². The van der Waals surface area contributed by atoms with Crippen molar-refractivity contribution in [2.75, 3.05) is 21.3 Å². The van der Waals surface area contributed by atoms with Crippen LogP contribution in [0.5, 0.6) is 17.2 Å². The predicted molar refractivity (Wildman–Crippen MR) is 81.6 cm³/mol. The molecule has 0 atom stereocenters. The standard InChI is InChI=1S/C15H19ClO5/c1-5-9(6-7-12(17)18)10-8-11(16)14(20-3)15(21-4)13(10)19-2/h6,8H,5,7H2,1-4H3,(H,17,18)/b9-6+. The van der Waals surface area contributed by atoms with Gasteiger partial charge in [-0.15, -0.1) is 0 Å².